The zero-order valence-corrected chi connectivity index (χ0v) is 12.3. The molecule has 0 unspecified atom stereocenters. The molecule has 2 aromatic rings. The molecule has 21 heavy (non-hydrogen) atoms. The van der Waals surface area contributed by atoms with Gasteiger partial charge in [-0.25, -0.2) is 4.39 Å². The van der Waals surface area contributed by atoms with Crippen LogP contribution >= 0.6 is 11.8 Å². The standard InChI is InChI=1S/C16H17FN2OS/c17-12-3-9-15(10-4-12)21-11-1-2-16(20)19-14-7-5-13(18)6-8-14/h3-10H,1-2,11,18H2,(H,19,20). The molecule has 2 rings (SSSR count). The zero-order chi connectivity index (χ0) is 15.1. The number of nitrogens with one attached hydrogen (secondary N) is 1. The lowest BCUT2D eigenvalue weighted by Gasteiger charge is -2.05. The Bertz CT molecular complexity index is 584. The summed E-state index contributed by atoms with van der Waals surface area (Å²) in [4.78, 5) is 12.8. The predicted molar refractivity (Wildman–Crippen MR) is 85.8 cm³/mol. The molecule has 0 radical (unpaired) electrons. The second kappa shape index (κ2) is 7.69. The van der Waals surface area contributed by atoms with Gasteiger partial charge in [-0.1, -0.05) is 0 Å². The second-order valence-electron chi connectivity index (χ2n) is 4.58. The van der Waals surface area contributed by atoms with Gasteiger partial charge >= 0.3 is 0 Å². The van der Waals surface area contributed by atoms with Crippen molar-refractivity contribution >= 4 is 29.0 Å². The summed E-state index contributed by atoms with van der Waals surface area (Å²) in [6.45, 7) is 0. The van der Waals surface area contributed by atoms with Crippen LogP contribution in [0.1, 0.15) is 12.8 Å². The van der Waals surface area contributed by atoms with Gasteiger partial charge in [0.2, 0.25) is 5.91 Å². The van der Waals surface area contributed by atoms with E-state index in [0.29, 0.717) is 12.1 Å². The third-order valence-corrected chi connectivity index (χ3v) is 3.92. The maximum atomic E-state index is 12.7. The van der Waals surface area contributed by atoms with Crippen LogP contribution in [0.15, 0.2) is 53.4 Å². The van der Waals surface area contributed by atoms with Gasteiger partial charge < -0.3 is 11.1 Å². The largest absolute Gasteiger partial charge is 0.399 e. The fourth-order valence-electron chi connectivity index (χ4n) is 1.74. The Hall–Kier alpha value is -2.01. The number of hydrogen-bond acceptors (Lipinski definition) is 3. The molecule has 3 nitrogen and oxygen atoms in total. The lowest BCUT2D eigenvalue weighted by Crippen LogP contribution is -2.11. The summed E-state index contributed by atoms with van der Waals surface area (Å²) in [5, 5.41) is 2.82. The van der Waals surface area contributed by atoms with Gasteiger partial charge in [0.05, 0.1) is 0 Å². The van der Waals surface area contributed by atoms with Crippen molar-refractivity contribution in [3.8, 4) is 0 Å². The van der Waals surface area contributed by atoms with Crippen molar-refractivity contribution in [2.45, 2.75) is 17.7 Å². The number of nitrogens with two attached hydrogens (primary N) is 1. The van der Waals surface area contributed by atoms with E-state index in [1.54, 1.807) is 48.2 Å². The van der Waals surface area contributed by atoms with E-state index in [-0.39, 0.29) is 11.7 Å². The number of thioether (sulfide) groups is 1. The van der Waals surface area contributed by atoms with Crippen LogP contribution in [-0.4, -0.2) is 11.7 Å². The van der Waals surface area contributed by atoms with Crippen molar-refractivity contribution < 1.29 is 9.18 Å². The topological polar surface area (TPSA) is 55.1 Å². The van der Waals surface area contributed by atoms with Crippen LogP contribution in [0.3, 0.4) is 0 Å². The van der Waals surface area contributed by atoms with Gasteiger partial charge in [-0.15, -0.1) is 11.8 Å². The highest BCUT2D eigenvalue weighted by Gasteiger charge is 2.03. The van der Waals surface area contributed by atoms with Crippen molar-refractivity contribution in [2.75, 3.05) is 16.8 Å². The van der Waals surface area contributed by atoms with Crippen LogP contribution in [0.5, 0.6) is 0 Å². The number of nitrogen functional groups attached to an aromatic ring is 1. The lowest BCUT2D eigenvalue weighted by atomic mass is 10.2. The second-order valence-corrected chi connectivity index (χ2v) is 5.74. The molecule has 3 N–H and O–H groups in total. The Labute approximate surface area is 127 Å². The first-order valence-corrected chi connectivity index (χ1v) is 7.66. The van der Waals surface area contributed by atoms with Crippen molar-refractivity contribution in [3.63, 3.8) is 0 Å². The van der Waals surface area contributed by atoms with Gasteiger partial charge in [0.1, 0.15) is 5.82 Å². The first-order valence-electron chi connectivity index (χ1n) is 6.67. The summed E-state index contributed by atoms with van der Waals surface area (Å²) in [5.74, 6) is 0.572. The third kappa shape index (κ3) is 5.47. The number of halogens is 1. The third-order valence-electron chi connectivity index (χ3n) is 2.82. The van der Waals surface area contributed by atoms with E-state index in [2.05, 4.69) is 5.32 Å². The van der Waals surface area contributed by atoms with E-state index in [9.17, 15) is 9.18 Å². The Morgan fingerprint density at radius 2 is 1.76 bits per heavy atom. The molecule has 0 saturated heterocycles. The minimum absolute atomic E-state index is 0.0144. The van der Waals surface area contributed by atoms with Crippen LogP contribution in [0.4, 0.5) is 15.8 Å². The summed E-state index contributed by atoms with van der Waals surface area (Å²) < 4.78 is 12.7. The van der Waals surface area contributed by atoms with E-state index in [0.717, 1.165) is 22.8 Å². The van der Waals surface area contributed by atoms with Gasteiger partial charge in [-0.3, -0.25) is 4.79 Å². The van der Waals surface area contributed by atoms with Crippen molar-refractivity contribution in [1.82, 2.24) is 0 Å². The number of carbonyl (C=O) groups excluding carboxylic acids is 1. The van der Waals surface area contributed by atoms with E-state index in [1.807, 2.05) is 0 Å². The molecule has 0 saturated carbocycles. The van der Waals surface area contributed by atoms with E-state index < -0.39 is 0 Å². The Balaban J connectivity index is 1.67. The number of hydrogen-bond donors (Lipinski definition) is 2. The molecule has 110 valence electrons. The zero-order valence-electron chi connectivity index (χ0n) is 11.5. The maximum Gasteiger partial charge on any atom is 0.224 e. The van der Waals surface area contributed by atoms with Gasteiger partial charge in [-0.2, -0.15) is 0 Å². The molecule has 0 atom stereocenters. The van der Waals surface area contributed by atoms with Crippen molar-refractivity contribution in [1.29, 1.82) is 0 Å². The summed E-state index contributed by atoms with van der Waals surface area (Å²) >= 11 is 1.62. The normalized spacial score (nSPS) is 10.3. The van der Waals surface area contributed by atoms with Crippen LogP contribution in [0, 0.1) is 5.82 Å². The number of carbonyl (C=O) groups is 1. The quantitative estimate of drug-likeness (QED) is 0.483. The minimum atomic E-state index is -0.234. The molecule has 0 aliphatic rings. The first-order chi connectivity index (χ1) is 10.1. The smallest absolute Gasteiger partial charge is 0.224 e. The highest BCUT2D eigenvalue weighted by molar-refractivity contribution is 7.99. The van der Waals surface area contributed by atoms with Crippen LogP contribution < -0.4 is 11.1 Å². The molecule has 1 amide bonds. The van der Waals surface area contributed by atoms with Crippen LogP contribution in [-0.2, 0) is 4.79 Å². The molecule has 0 heterocycles. The summed E-state index contributed by atoms with van der Waals surface area (Å²) in [7, 11) is 0. The molecule has 0 aliphatic heterocycles. The molecular formula is C16H17FN2OS. The average Bonchev–Trinajstić information content (AvgIpc) is 2.48. The van der Waals surface area contributed by atoms with E-state index >= 15 is 0 Å². The molecule has 0 aliphatic carbocycles. The molecule has 0 bridgehead atoms. The molecule has 0 aromatic heterocycles. The van der Waals surface area contributed by atoms with Crippen LogP contribution in [0.2, 0.25) is 0 Å². The van der Waals surface area contributed by atoms with Gasteiger partial charge in [-0.05, 0) is 60.7 Å². The number of rotatable bonds is 6. The first kappa shape index (κ1) is 15.4. The minimum Gasteiger partial charge on any atom is -0.399 e. The van der Waals surface area contributed by atoms with Crippen molar-refractivity contribution in [2.24, 2.45) is 0 Å². The molecule has 0 fully saturated rings. The Morgan fingerprint density at radius 3 is 2.43 bits per heavy atom. The van der Waals surface area contributed by atoms with E-state index in [1.165, 1.54) is 12.1 Å². The van der Waals surface area contributed by atoms with Gasteiger partial charge in [0.15, 0.2) is 0 Å². The average molecular weight is 304 g/mol. The van der Waals surface area contributed by atoms with Crippen LogP contribution in [0.25, 0.3) is 0 Å². The summed E-state index contributed by atoms with van der Waals surface area (Å²) in [6.07, 6.45) is 1.22. The Kier molecular flexibility index (Phi) is 5.63. The maximum absolute atomic E-state index is 12.7. The highest BCUT2D eigenvalue weighted by atomic mass is 32.2. The van der Waals surface area contributed by atoms with E-state index in [4.69, 9.17) is 5.73 Å². The highest BCUT2D eigenvalue weighted by Crippen LogP contribution is 2.19. The monoisotopic (exact) mass is 304 g/mol. The van der Waals surface area contributed by atoms with Gasteiger partial charge in [0.25, 0.3) is 0 Å². The fraction of sp³-hybridized carbons (Fsp3) is 0.188. The SMILES string of the molecule is Nc1ccc(NC(=O)CCCSc2ccc(F)cc2)cc1. The predicted octanol–water partition coefficient (Wildman–Crippen LogP) is 3.92. The number of benzene rings is 2. The van der Waals surface area contributed by atoms with Crippen molar-refractivity contribution in [3.05, 3.63) is 54.3 Å². The Morgan fingerprint density at radius 1 is 1.10 bits per heavy atom. The molecular weight excluding hydrogens is 287 g/mol. The van der Waals surface area contributed by atoms with Gasteiger partial charge in [0, 0.05) is 22.7 Å². The number of anilines is 2. The summed E-state index contributed by atoms with van der Waals surface area (Å²) in [5.41, 5.74) is 7.00. The summed E-state index contributed by atoms with van der Waals surface area (Å²) in [6, 6.07) is 13.4. The molecule has 5 heteroatoms. The lowest BCUT2D eigenvalue weighted by molar-refractivity contribution is -0.116. The fourth-order valence-corrected chi connectivity index (χ4v) is 2.60. The molecule has 0 spiro atoms. The molecule has 2 aromatic carbocycles. The number of amides is 1.